The number of hydrogen-bond donors (Lipinski definition) is 1. The van der Waals surface area contributed by atoms with E-state index in [1.807, 2.05) is 26.8 Å². The fourth-order valence-electron chi connectivity index (χ4n) is 2.65. The molecule has 1 aliphatic heterocycles. The number of hydrogen-bond acceptors (Lipinski definition) is 3. The Morgan fingerprint density at radius 2 is 2.14 bits per heavy atom. The van der Waals surface area contributed by atoms with E-state index in [0.717, 1.165) is 5.56 Å². The molecular formula is C16H22FNO3. The Hall–Kier alpha value is -1.62. The highest BCUT2D eigenvalue weighted by Crippen LogP contribution is 2.33. The van der Waals surface area contributed by atoms with E-state index in [1.54, 1.807) is 11.0 Å². The van der Waals surface area contributed by atoms with Crippen LogP contribution in [0.4, 0.5) is 9.18 Å². The van der Waals surface area contributed by atoms with Crippen LogP contribution in [0.5, 0.6) is 0 Å². The summed E-state index contributed by atoms with van der Waals surface area (Å²) < 4.78 is 18.7. The summed E-state index contributed by atoms with van der Waals surface area (Å²) >= 11 is 0. The van der Waals surface area contributed by atoms with Gasteiger partial charge in [-0.25, -0.2) is 9.18 Å². The molecule has 4 nitrogen and oxygen atoms in total. The van der Waals surface area contributed by atoms with Crippen molar-refractivity contribution in [3.63, 3.8) is 0 Å². The summed E-state index contributed by atoms with van der Waals surface area (Å²) in [6, 6.07) is 6.33. The summed E-state index contributed by atoms with van der Waals surface area (Å²) in [5.74, 6) is -0.475. The molecule has 0 radical (unpaired) electrons. The van der Waals surface area contributed by atoms with Crippen LogP contribution in [-0.4, -0.2) is 41.4 Å². The number of aliphatic hydroxyl groups is 1. The number of rotatable bonds is 2. The average molecular weight is 295 g/mol. The maximum Gasteiger partial charge on any atom is 0.410 e. The van der Waals surface area contributed by atoms with Crippen molar-refractivity contribution in [2.75, 3.05) is 19.7 Å². The van der Waals surface area contributed by atoms with Crippen LogP contribution in [0.25, 0.3) is 0 Å². The lowest BCUT2D eigenvalue weighted by atomic mass is 9.89. The van der Waals surface area contributed by atoms with Gasteiger partial charge in [0.05, 0.1) is 0 Å². The Morgan fingerprint density at radius 1 is 1.43 bits per heavy atom. The molecule has 0 spiro atoms. The van der Waals surface area contributed by atoms with Crippen molar-refractivity contribution in [1.29, 1.82) is 0 Å². The molecule has 0 aliphatic carbocycles. The summed E-state index contributed by atoms with van der Waals surface area (Å²) in [5.41, 5.74) is 0.253. The first-order valence-corrected chi connectivity index (χ1v) is 7.14. The molecule has 1 amide bonds. The highest BCUT2D eigenvalue weighted by molar-refractivity contribution is 5.68. The van der Waals surface area contributed by atoms with E-state index >= 15 is 0 Å². The standard InChI is InChI=1S/C16H22FNO3/c1-16(2,3)21-15(20)18-8-12(10-19)14(9-18)11-5-4-6-13(17)7-11/h4-7,12,14,19H,8-10H2,1-3H3/t12-,14-/m1/s1. The summed E-state index contributed by atoms with van der Waals surface area (Å²) in [5, 5.41) is 9.53. The lowest BCUT2D eigenvalue weighted by Gasteiger charge is -2.24. The largest absolute Gasteiger partial charge is 0.444 e. The minimum absolute atomic E-state index is 0.0412. The minimum atomic E-state index is -0.553. The molecule has 0 bridgehead atoms. The monoisotopic (exact) mass is 295 g/mol. The van der Waals surface area contributed by atoms with E-state index in [1.165, 1.54) is 12.1 Å². The predicted molar refractivity (Wildman–Crippen MR) is 77.5 cm³/mol. The van der Waals surface area contributed by atoms with Gasteiger partial charge >= 0.3 is 6.09 Å². The molecule has 1 aromatic carbocycles. The van der Waals surface area contributed by atoms with Gasteiger partial charge in [-0.15, -0.1) is 0 Å². The first-order chi connectivity index (χ1) is 9.80. The van der Waals surface area contributed by atoms with Crippen LogP contribution >= 0.6 is 0 Å². The highest BCUT2D eigenvalue weighted by atomic mass is 19.1. The minimum Gasteiger partial charge on any atom is -0.444 e. The molecule has 0 unspecified atom stereocenters. The van der Waals surface area contributed by atoms with Crippen LogP contribution in [-0.2, 0) is 4.74 Å². The maximum atomic E-state index is 13.4. The van der Waals surface area contributed by atoms with Gasteiger partial charge in [-0.3, -0.25) is 0 Å². The van der Waals surface area contributed by atoms with Crippen LogP contribution in [0, 0.1) is 11.7 Å². The van der Waals surface area contributed by atoms with Crippen molar-refractivity contribution in [2.24, 2.45) is 5.92 Å². The molecule has 1 heterocycles. The Kier molecular flexibility index (Phi) is 4.52. The van der Waals surface area contributed by atoms with E-state index in [-0.39, 0.29) is 30.4 Å². The zero-order valence-electron chi connectivity index (χ0n) is 12.7. The number of likely N-dealkylation sites (tertiary alicyclic amines) is 1. The third-order valence-corrected chi connectivity index (χ3v) is 3.60. The van der Waals surface area contributed by atoms with Gasteiger partial charge in [-0.05, 0) is 38.5 Å². The molecule has 21 heavy (non-hydrogen) atoms. The quantitative estimate of drug-likeness (QED) is 0.912. The molecule has 2 rings (SSSR count). The van der Waals surface area contributed by atoms with Crippen molar-refractivity contribution < 1.29 is 19.0 Å². The number of ether oxygens (including phenoxy) is 1. The molecule has 116 valence electrons. The maximum absolute atomic E-state index is 13.4. The van der Waals surface area contributed by atoms with Gasteiger partial charge in [0.15, 0.2) is 0 Å². The molecule has 1 N–H and O–H groups in total. The molecule has 2 atom stereocenters. The number of aliphatic hydroxyl groups excluding tert-OH is 1. The normalized spacial score (nSPS) is 22.4. The van der Waals surface area contributed by atoms with Crippen LogP contribution in [0.1, 0.15) is 32.3 Å². The second-order valence-corrected chi connectivity index (χ2v) is 6.49. The third kappa shape index (κ3) is 3.94. The number of carbonyl (C=O) groups excluding carboxylic acids is 1. The Balaban J connectivity index is 2.12. The van der Waals surface area contributed by atoms with Gasteiger partial charge in [0.1, 0.15) is 11.4 Å². The molecule has 0 saturated carbocycles. The van der Waals surface area contributed by atoms with E-state index in [9.17, 15) is 14.3 Å². The first-order valence-electron chi connectivity index (χ1n) is 7.14. The lowest BCUT2D eigenvalue weighted by Crippen LogP contribution is -2.35. The number of halogens is 1. The molecule has 1 saturated heterocycles. The van der Waals surface area contributed by atoms with Gasteiger partial charge in [0.25, 0.3) is 0 Å². The SMILES string of the molecule is CC(C)(C)OC(=O)N1C[C@H](CO)[C@@H](c2cccc(F)c2)C1. The van der Waals surface area contributed by atoms with E-state index in [4.69, 9.17) is 4.74 Å². The van der Waals surface area contributed by atoms with Gasteiger partial charge in [-0.2, -0.15) is 0 Å². The van der Waals surface area contributed by atoms with Crippen LogP contribution < -0.4 is 0 Å². The zero-order valence-corrected chi connectivity index (χ0v) is 12.7. The van der Waals surface area contributed by atoms with Crippen molar-refractivity contribution in [2.45, 2.75) is 32.3 Å². The Bertz CT molecular complexity index is 512. The molecule has 1 aliphatic rings. The number of nitrogens with zero attached hydrogens (tertiary/aromatic N) is 1. The van der Waals surface area contributed by atoms with Crippen LogP contribution in [0.3, 0.4) is 0 Å². The predicted octanol–water partition coefficient (Wildman–Crippen LogP) is 2.77. The molecule has 1 fully saturated rings. The van der Waals surface area contributed by atoms with Crippen LogP contribution in [0.2, 0.25) is 0 Å². The fraction of sp³-hybridized carbons (Fsp3) is 0.562. The fourth-order valence-corrected chi connectivity index (χ4v) is 2.65. The average Bonchev–Trinajstić information content (AvgIpc) is 2.81. The Labute approximate surface area is 124 Å². The van der Waals surface area contributed by atoms with Gasteiger partial charge in [-0.1, -0.05) is 12.1 Å². The number of carbonyl (C=O) groups is 1. The molecule has 0 aromatic heterocycles. The second-order valence-electron chi connectivity index (χ2n) is 6.49. The summed E-state index contributed by atoms with van der Waals surface area (Å²) in [7, 11) is 0. The summed E-state index contributed by atoms with van der Waals surface area (Å²) in [6.45, 7) is 6.26. The highest BCUT2D eigenvalue weighted by Gasteiger charge is 2.37. The second kappa shape index (κ2) is 6.02. The van der Waals surface area contributed by atoms with Crippen molar-refractivity contribution in [3.8, 4) is 0 Å². The number of benzene rings is 1. The Morgan fingerprint density at radius 3 is 2.71 bits per heavy atom. The molecule has 1 aromatic rings. The molecule has 5 heteroatoms. The summed E-state index contributed by atoms with van der Waals surface area (Å²) in [4.78, 5) is 13.7. The van der Waals surface area contributed by atoms with E-state index < -0.39 is 5.60 Å². The topological polar surface area (TPSA) is 49.8 Å². The van der Waals surface area contributed by atoms with Gasteiger partial charge in [0, 0.05) is 31.5 Å². The molecular weight excluding hydrogens is 273 g/mol. The third-order valence-electron chi connectivity index (χ3n) is 3.60. The summed E-state index contributed by atoms with van der Waals surface area (Å²) in [6.07, 6.45) is -0.389. The zero-order chi connectivity index (χ0) is 15.6. The smallest absolute Gasteiger partial charge is 0.410 e. The van der Waals surface area contributed by atoms with Crippen molar-refractivity contribution in [1.82, 2.24) is 4.90 Å². The van der Waals surface area contributed by atoms with Crippen LogP contribution in [0.15, 0.2) is 24.3 Å². The van der Waals surface area contributed by atoms with E-state index in [2.05, 4.69) is 0 Å². The first kappa shape index (κ1) is 15.8. The van der Waals surface area contributed by atoms with Crippen molar-refractivity contribution >= 4 is 6.09 Å². The van der Waals surface area contributed by atoms with Gasteiger partial charge < -0.3 is 14.7 Å². The lowest BCUT2D eigenvalue weighted by molar-refractivity contribution is 0.0283. The number of amides is 1. The van der Waals surface area contributed by atoms with Crippen molar-refractivity contribution in [3.05, 3.63) is 35.6 Å². The van der Waals surface area contributed by atoms with Gasteiger partial charge in [0.2, 0.25) is 0 Å². The van der Waals surface area contributed by atoms with E-state index in [0.29, 0.717) is 13.1 Å².